The van der Waals surface area contributed by atoms with Crippen LogP contribution in [-0.2, 0) is 11.8 Å². The van der Waals surface area contributed by atoms with Crippen LogP contribution < -0.4 is 0 Å². The summed E-state index contributed by atoms with van der Waals surface area (Å²) in [6, 6.07) is 13.9. The molecule has 0 saturated heterocycles. The first-order valence-electron chi connectivity index (χ1n) is 9.24. The van der Waals surface area contributed by atoms with Crippen molar-refractivity contribution in [2.24, 2.45) is 7.05 Å². The van der Waals surface area contributed by atoms with E-state index in [1.165, 1.54) is 10.5 Å². The Morgan fingerprint density at radius 2 is 1.68 bits per heavy atom. The molecule has 0 saturated carbocycles. The molecule has 1 atom stereocenters. The predicted octanol–water partition coefficient (Wildman–Crippen LogP) is 3.23. The van der Waals surface area contributed by atoms with E-state index in [1.807, 2.05) is 46.3 Å². The maximum atomic E-state index is 12.7. The average molecular weight is 376 g/mol. The molecule has 6 nitrogen and oxygen atoms in total. The Kier molecular flexibility index (Phi) is 4.23. The fourth-order valence-corrected chi connectivity index (χ4v) is 3.65. The van der Waals surface area contributed by atoms with Crippen molar-refractivity contribution >= 4 is 22.7 Å². The van der Waals surface area contributed by atoms with Crippen molar-refractivity contribution in [3.05, 3.63) is 59.3 Å². The summed E-state index contributed by atoms with van der Waals surface area (Å²) in [7, 11) is 5.24. The van der Waals surface area contributed by atoms with Crippen molar-refractivity contribution in [1.82, 2.24) is 18.9 Å². The number of aromatic nitrogens is 3. The number of aliphatic hydroxyl groups excluding tert-OH is 1. The van der Waals surface area contributed by atoms with Crippen molar-refractivity contribution in [2.45, 2.75) is 20.0 Å². The van der Waals surface area contributed by atoms with Crippen LogP contribution >= 0.6 is 0 Å². The largest absolute Gasteiger partial charge is 0.377 e. The SMILES string of the molecule is Cc1cc2c(cc1C)n1c(C(O)C(=O)N(C)C)c(-c3ccccc3)nc1n2C. The molecule has 28 heavy (non-hydrogen) atoms. The normalized spacial score (nSPS) is 12.6. The number of carbonyl (C=O) groups excluding carboxylic acids is 1. The first-order chi connectivity index (χ1) is 13.3. The van der Waals surface area contributed by atoms with Crippen LogP contribution in [0.25, 0.3) is 28.1 Å². The van der Waals surface area contributed by atoms with Crippen LogP contribution in [0.5, 0.6) is 0 Å². The smallest absolute Gasteiger partial charge is 0.257 e. The molecule has 2 aromatic heterocycles. The highest BCUT2D eigenvalue weighted by atomic mass is 16.3. The van der Waals surface area contributed by atoms with E-state index in [-0.39, 0.29) is 5.91 Å². The number of fused-ring (bicyclic) bond motifs is 3. The summed E-state index contributed by atoms with van der Waals surface area (Å²) in [4.78, 5) is 18.9. The van der Waals surface area contributed by atoms with E-state index < -0.39 is 6.10 Å². The van der Waals surface area contributed by atoms with E-state index in [2.05, 4.69) is 26.0 Å². The standard InChI is InChI=1S/C22H24N4O2/c1-13-11-16-17(12-14(13)2)26-19(20(27)21(28)24(3)4)18(23-22(26)25(16)5)15-9-7-6-8-10-15/h6-12,20,27H,1-5H3. The van der Waals surface area contributed by atoms with Crippen LogP contribution in [-0.4, -0.2) is 44.0 Å². The van der Waals surface area contributed by atoms with Gasteiger partial charge < -0.3 is 14.6 Å². The highest BCUT2D eigenvalue weighted by molar-refractivity contribution is 5.88. The summed E-state index contributed by atoms with van der Waals surface area (Å²) in [6.07, 6.45) is -1.31. The third-order valence-corrected chi connectivity index (χ3v) is 5.37. The number of amides is 1. The Morgan fingerprint density at radius 1 is 1.07 bits per heavy atom. The second-order valence-electron chi connectivity index (χ2n) is 7.47. The molecule has 0 aliphatic heterocycles. The number of aliphatic hydroxyl groups is 1. The maximum Gasteiger partial charge on any atom is 0.257 e. The van der Waals surface area contributed by atoms with Gasteiger partial charge in [0, 0.05) is 26.7 Å². The van der Waals surface area contributed by atoms with Gasteiger partial charge in [0.1, 0.15) is 0 Å². The lowest BCUT2D eigenvalue weighted by Gasteiger charge is -2.17. The number of hydrogen-bond donors (Lipinski definition) is 1. The first kappa shape index (κ1) is 18.3. The minimum Gasteiger partial charge on any atom is -0.377 e. The van der Waals surface area contributed by atoms with Gasteiger partial charge in [-0.3, -0.25) is 9.20 Å². The molecule has 4 aromatic rings. The minimum absolute atomic E-state index is 0.375. The number of carbonyl (C=O) groups is 1. The molecule has 0 spiro atoms. The van der Waals surface area contributed by atoms with Crippen molar-refractivity contribution in [3.8, 4) is 11.3 Å². The lowest BCUT2D eigenvalue weighted by atomic mass is 10.1. The fourth-order valence-electron chi connectivity index (χ4n) is 3.65. The van der Waals surface area contributed by atoms with E-state index in [0.29, 0.717) is 17.2 Å². The van der Waals surface area contributed by atoms with Gasteiger partial charge >= 0.3 is 0 Å². The summed E-state index contributed by atoms with van der Waals surface area (Å²) in [6.45, 7) is 4.13. The van der Waals surface area contributed by atoms with Crippen LogP contribution in [0.4, 0.5) is 0 Å². The number of nitrogens with zero attached hydrogens (tertiary/aromatic N) is 4. The third kappa shape index (κ3) is 2.60. The van der Waals surface area contributed by atoms with Crippen LogP contribution in [0.3, 0.4) is 0 Å². The zero-order valence-electron chi connectivity index (χ0n) is 16.8. The third-order valence-electron chi connectivity index (χ3n) is 5.37. The number of imidazole rings is 2. The zero-order valence-corrected chi connectivity index (χ0v) is 16.8. The van der Waals surface area contributed by atoms with E-state index in [0.717, 1.165) is 22.2 Å². The van der Waals surface area contributed by atoms with Gasteiger partial charge in [-0.05, 0) is 37.1 Å². The fraction of sp³-hybridized carbons (Fsp3) is 0.273. The number of rotatable bonds is 3. The molecule has 0 aliphatic rings. The van der Waals surface area contributed by atoms with Gasteiger partial charge in [-0.1, -0.05) is 30.3 Å². The summed E-state index contributed by atoms with van der Waals surface area (Å²) < 4.78 is 3.92. The molecule has 1 amide bonds. The van der Waals surface area contributed by atoms with Crippen LogP contribution in [0, 0.1) is 13.8 Å². The van der Waals surface area contributed by atoms with Crippen molar-refractivity contribution in [3.63, 3.8) is 0 Å². The quantitative estimate of drug-likeness (QED) is 0.597. The van der Waals surface area contributed by atoms with Gasteiger partial charge in [0.05, 0.1) is 22.4 Å². The monoisotopic (exact) mass is 376 g/mol. The Hall–Kier alpha value is -3.12. The molecule has 1 unspecified atom stereocenters. The average Bonchev–Trinajstić information content (AvgIpc) is 3.19. The van der Waals surface area contributed by atoms with Crippen molar-refractivity contribution in [1.29, 1.82) is 0 Å². The lowest BCUT2D eigenvalue weighted by Crippen LogP contribution is -2.29. The summed E-state index contributed by atoms with van der Waals surface area (Å²) in [5, 5.41) is 11.0. The molecule has 0 aliphatic carbocycles. The Balaban J connectivity index is 2.13. The molecular weight excluding hydrogens is 352 g/mol. The second-order valence-corrected chi connectivity index (χ2v) is 7.47. The molecule has 4 rings (SSSR count). The van der Waals surface area contributed by atoms with E-state index in [4.69, 9.17) is 4.98 Å². The predicted molar refractivity (Wildman–Crippen MR) is 110 cm³/mol. The Labute approximate surface area is 163 Å². The van der Waals surface area contributed by atoms with Gasteiger partial charge in [0.15, 0.2) is 6.10 Å². The zero-order chi connectivity index (χ0) is 20.2. The highest BCUT2D eigenvalue weighted by Crippen LogP contribution is 2.34. The number of hydrogen-bond acceptors (Lipinski definition) is 3. The first-order valence-corrected chi connectivity index (χ1v) is 9.24. The Bertz CT molecular complexity index is 1200. The van der Waals surface area contributed by atoms with Crippen molar-refractivity contribution in [2.75, 3.05) is 14.1 Å². The van der Waals surface area contributed by atoms with E-state index in [1.54, 1.807) is 14.1 Å². The van der Waals surface area contributed by atoms with E-state index in [9.17, 15) is 9.90 Å². The molecule has 144 valence electrons. The molecule has 0 radical (unpaired) electrons. The second kappa shape index (κ2) is 6.49. The number of benzene rings is 2. The van der Waals surface area contributed by atoms with Crippen LogP contribution in [0.2, 0.25) is 0 Å². The summed E-state index contributed by atoms with van der Waals surface area (Å²) in [5.74, 6) is 0.319. The molecule has 2 heterocycles. The van der Waals surface area contributed by atoms with Gasteiger partial charge in [-0.15, -0.1) is 0 Å². The summed E-state index contributed by atoms with van der Waals surface area (Å²) in [5.41, 5.74) is 6.25. The van der Waals surface area contributed by atoms with Crippen LogP contribution in [0.1, 0.15) is 22.9 Å². The molecule has 0 bridgehead atoms. The minimum atomic E-state index is -1.31. The van der Waals surface area contributed by atoms with Gasteiger partial charge in [0.2, 0.25) is 5.78 Å². The van der Waals surface area contributed by atoms with Crippen LogP contribution in [0.15, 0.2) is 42.5 Å². The van der Waals surface area contributed by atoms with Gasteiger partial charge in [-0.25, -0.2) is 4.98 Å². The molecule has 2 aromatic carbocycles. The molecular formula is C22H24N4O2. The molecule has 6 heteroatoms. The van der Waals surface area contributed by atoms with E-state index >= 15 is 0 Å². The number of likely N-dealkylation sites (N-methyl/N-ethyl adjacent to an activating group) is 1. The molecule has 0 fully saturated rings. The van der Waals surface area contributed by atoms with Crippen molar-refractivity contribution < 1.29 is 9.90 Å². The van der Waals surface area contributed by atoms with Gasteiger partial charge in [-0.2, -0.15) is 0 Å². The Morgan fingerprint density at radius 3 is 2.29 bits per heavy atom. The van der Waals surface area contributed by atoms with Gasteiger partial charge in [0.25, 0.3) is 5.91 Å². The number of aryl methyl sites for hydroxylation is 3. The maximum absolute atomic E-state index is 12.7. The highest BCUT2D eigenvalue weighted by Gasteiger charge is 2.30. The topological polar surface area (TPSA) is 62.8 Å². The summed E-state index contributed by atoms with van der Waals surface area (Å²) >= 11 is 0. The lowest BCUT2D eigenvalue weighted by molar-refractivity contribution is -0.138. The molecule has 1 N–H and O–H groups in total.